The Kier molecular flexibility index (Phi) is 10.7. The zero-order chi connectivity index (χ0) is 38.6. The van der Waals surface area contributed by atoms with Crippen LogP contribution in [-0.2, 0) is 20.6 Å². The molecule has 0 radical (unpaired) electrons. The van der Waals surface area contributed by atoms with Gasteiger partial charge in [0.2, 0.25) is 0 Å². The molecule has 2 atom stereocenters. The molecule has 278 valence electrons. The average Bonchev–Trinajstić information content (AvgIpc) is 3.83. The lowest BCUT2D eigenvalue weighted by Gasteiger charge is -2.26. The third kappa shape index (κ3) is 7.67. The molecule has 2 heterocycles. The molecule has 6 aromatic carbocycles. The standard InChI is InChI=1S/C22H18ClFN2O2.C22H19ClN2O2/c1-27-18-8-5-15(6-9-18)22(13-28-21(25)26-22)16-4-2-3-14(11-16)19-12-17(23)7-10-20(19)24;1-26-20-10-8-17(9-11-20)22(14-27-21(24)25-22)18-6-2-4-15(12-18)16-5-3-7-19(23)13-16/h2-12H,13H2,1H3,(H2,25,26);2-13H,14H2,1H3,(H2,24,25). The predicted molar refractivity (Wildman–Crippen MR) is 216 cm³/mol. The molecule has 0 aromatic heterocycles. The van der Waals surface area contributed by atoms with Gasteiger partial charge in [0.05, 0.1) is 14.2 Å². The highest BCUT2D eigenvalue weighted by molar-refractivity contribution is 6.31. The van der Waals surface area contributed by atoms with Crippen molar-refractivity contribution in [3.8, 4) is 33.8 Å². The number of halogens is 3. The van der Waals surface area contributed by atoms with Crippen LogP contribution in [0.5, 0.6) is 11.5 Å². The quantitative estimate of drug-likeness (QED) is 0.159. The van der Waals surface area contributed by atoms with E-state index in [4.69, 9.17) is 53.6 Å². The van der Waals surface area contributed by atoms with Crippen LogP contribution in [0.1, 0.15) is 22.3 Å². The summed E-state index contributed by atoms with van der Waals surface area (Å²) >= 11 is 12.2. The zero-order valence-electron chi connectivity index (χ0n) is 30.0. The van der Waals surface area contributed by atoms with E-state index in [1.807, 2.05) is 109 Å². The molecule has 0 aliphatic carbocycles. The molecule has 6 aromatic rings. The van der Waals surface area contributed by atoms with E-state index in [0.717, 1.165) is 44.9 Å². The summed E-state index contributed by atoms with van der Waals surface area (Å²) < 4.78 is 36.0. The minimum Gasteiger partial charge on any atom is -0.497 e. The van der Waals surface area contributed by atoms with Crippen molar-refractivity contribution in [3.63, 3.8) is 0 Å². The lowest BCUT2D eigenvalue weighted by Crippen LogP contribution is -2.27. The third-order valence-corrected chi connectivity index (χ3v) is 10.1. The molecule has 0 fully saturated rings. The number of nitrogens with zero attached hydrogens (tertiary/aromatic N) is 2. The molecule has 0 bridgehead atoms. The highest BCUT2D eigenvalue weighted by Crippen LogP contribution is 2.41. The monoisotopic (exact) mass is 774 g/mol. The Morgan fingerprint density at radius 1 is 0.545 bits per heavy atom. The number of hydrogen-bond acceptors (Lipinski definition) is 8. The van der Waals surface area contributed by atoms with E-state index in [9.17, 15) is 4.39 Å². The maximum absolute atomic E-state index is 14.4. The average molecular weight is 776 g/mol. The summed E-state index contributed by atoms with van der Waals surface area (Å²) in [6.07, 6.45) is 0. The maximum atomic E-state index is 14.4. The van der Waals surface area contributed by atoms with Gasteiger partial charge >= 0.3 is 0 Å². The van der Waals surface area contributed by atoms with Crippen molar-refractivity contribution in [1.82, 2.24) is 0 Å². The molecule has 0 amide bonds. The number of methoxy groups -OCH3 is 2. The molecule has 2 unspecified atom stereocenters. The summed E-state index contributed by atoms with van der Waals surface area (Å²) in [7, 11) is 3.26. The topological polar surface area (TPSA) is 114 Å². The highest BCUT2D eigenvalue weighted by Gasteiger charge is 2.41. The van der Waals surface area contributed by atoms with Crippen molar-refractivity contribution in [1.29, 1.82) is 0 Å². The van der Waals surface area contributed by atoms with Crippen molar-refractivity contribution in [2.45, 2.75) is 11.1 Å². The second kappa shape index (κ2) is 15.8. The number of amidine groups is 2. The first-order valence-corrected chi connectivity index (χ1v) is 18.1. The highest BCUT2D eigenvalue weighted by atomic mass is 35.5. The first-order valence-electron chi connectivity index (χ1n) is 17.3. The van der Waals surface area contributed by atoms with Gasteiger partial charge in [0.15, 0.2) is 11.1 Å². The summed E-state index contributed by atoms with van der Waals surface area (Å²) in [5.74, 6) is 1.19. The van der Waals surface area contributed by atoms with Gasteiger partial charge < -0.3 is 30.4 Å². The molecule has 8 rings (SSSR count). The summed E-state index contributed by atoms with van der Waals surface area (Å²) in [6.45, 7) is 0.608. The van der Waals surface area contributed by atoms with E-state index in [1.54, 1.807) is 20.3 Å². The molecular weight excluding hydrogens is 738 g/mol. The lowest BCUT2D eigenvalue weighted by molar-refractivity contribution is 0.278. The van der Waals surface area contributed by atoms with Crippen LogP contribution < -0.4 is 20.9 Å². The van der Waals surface area contributed by atoms with Gasteiger partial charge in [0.1, 0.15) is 30.5 Å². The number of nitrogens with two attached hydrogens (primary N) is 2. The van der Waals surface area contributed by atoms with Crippen LogP contribution in [0.2, 0.25) is 10.0 Å². The Morgan fingerprint density at radius 2 is 1.00 bits per heavy atom. The lowest BCUT2D eigenvalue weighted by atomic mass is 9.83. The Hall–Kier alpha value is -6.03. The van der Waals surface area contributed by atoms with E-state index >= 15 is 0 Å². The fourth-order valence-corrected chi connectivity index (χ4v) is 7.17. The summed E-state index contributed by atoms with van der Waals surface area (Å²) in [5.41, 5.74) is 17.2. The molecule has 2 aliphatic rings. The second-order valence-corrected chi connectivity index (χ2v) is 13.8. The van der Waals surface area contributed by atoms with Gasteiger partial charge in [-0.2, -0.15) is 0 Å². The van der Waals surface area contributed by atoms with Gasteiger partial charge in [-0.25, -0.2) is 14.4 Å². The zero-order valence-corrected chi connectivity index (χ0v) is 31.5. The number of rotatable bonds is 8. The molecule has 4 N–H and O–H groups in total. The number of aliphatic imine (C=N–C) groups is 2. The Bertz CT molecular complexity index is 2390. The van der Waals surface area contributed by atoms with Crippen molar-refractivity contribution < 1.29 is 23.3 Å². The molecule has 8 nitrogen and oxygen atoms in total. The SMILES string of the molecule is COc1ccc(C2(c3cccc(-c4cc(Cl)ccc4F)c3)COC(N)=N2)cc1.COc1ccc(C2(c3cccc(-c4cccc(Cl)c4)c3)COC(N)=N2)cc1. The minimum atomic E-state index is -0.818. The van der Waals surface area contributed by atoms with Gasteiger partial charge in [-0.15, -0.1) is 0 Å². The minimum absolute atomic E-state index is 0.121. The van der Waals surface area contributed by atoms with E-state index < -0.39 is 11.1 Å². The second-order valence-electron chi connectivity index (χ2n) is 13.0. The van der Waals surface area contributed by atoms with E-state index in [2.05, 4.69) is 22.1 Å². The smallest absolute Gasteiger partial charge is 0.283 e. The van der Waals surface area contributed by atoms with Gasteiger partial charge in [-0.05, 0) is 106 Å². The van der Waals surface area contributed by atoms with E-state index in [0.29, 0.717) is 27.8 Å². The molecule has 55 heavy (non-hydrogen) atoms. The fraction of sp³-hybridized carbons (Fsp3) is 0.136. The van der Waals surface area contributed by atoms with E-state index in [-0.39, 0.29) is 24.5 Å². The Morgan fingerprint density at radius 3 is 1.47 bits per heavy atom. The predicted octanol–water partition coefficient (Wildman–Crippen LogP) is 9.35. The van der Waals surface area contributed by atoms with Crippen LogP contribution in [-0.4, -0.2) is 39.5 Å². The number of benzene rings is 6. The van der Waals surface area contributed by atoms with Crippen molar-refractivity contribution >= 4 is 35.2 Å². The molecule has 2 aliphatic heterocycles. The van der Waals surface area contributed by atoms with E-state index in [1.165, 1.54) is 12.1 Å². The Balaban J connectivity index is 0.000000169. The summed E-state index contributed by atoms with van der Waals surface area (Å²) in [5, 5.41) is 1.17. The molecule has 0 saturated heterocycles. The van der Waals surface area contributed by atoms with Crippen LogP contribution in [0.25, 0.3) is 22.3 Å². The summed E-state index contributed by atoms with van der Waals surface area (Å²) in [6, 6.07) is 43.8. The first kappa shape index (κ1) is 37.3. The van der Waals surface area contributed by atoms with Crippen molar-refractivity contribution in [3.05, 3.63) is 178 Å². The fourth-order valence-electron chi connectivity index (χ4n) is 6.81. The molecule has 11 heteroatoms. The maximum Gasteiger partial charge on any atom is 0.283 e. The first-order chi connectivity index (χ1) is 26.6. The van der Waals surface area contributed by atoms with Crippen LogP contribution in [0.3, 0.4) is 0 Å². The summed E-state index contributed by atoms with van der Waals surface area (Å²) in [4.78, 5) is 9.28. The van der Waals surface area contributed by atoms with Gasteiger partial charge in [-0.3, -0.25) is 0 Å². The van der Waals surface area contributed by atoms with Gasteiger partial charge in [0.25, 0.3) is 12.0 Å². The molecular formula is C44H37Cl2FN4O4. The molecule has 0 spiro atoms. The normalized spacial score (nSPS) is 18.6. The van der Waals surface area contributed by atoms with Crippen molar-refractivity contribution in [2.24, 2.45) is 21.5 Å². The van der Waals surface area contributed by atoms with Crippen LogP contribution in [0.15, 0.2) is 150 Å². The number of hydrogen-bond donors (Lipinski definition) is 2. The van der Waals surface area contributed by atoms with Gasteiger partial charge in [-0.1, -0.05) is 96.0 Å². The van der Waals surface area contributed by atoms with Crippen LogP contribution in [0, 0.1) is 5.82 Å². The van der Waals surface area contributed by atoms with Crippen LogP contribution in [0.4, 0.5) is 4.39 Å². The van der Waals surface area contributed by atoms with Gasteiger partial charge in [0, 0.05) is 15.6 Å². The van der Waals surface area contributed by atoms with Crippen molar-refractivity contribution in [2.75, 3.05) is 27.4 Å². The molecule has 0 saturated carbocycles. The number of ether oxygens (including phenoxy) is 4. The largest absolute Gasteiger partial charge is 0.497 e. The third-order valence-electron chi connectivity index (χ3n) is 9.67. The Labute approximate surface area is 328 Å². The van der Waals surface area contributed by atoms with Crippen LogP contribution >= 0.6 is 23.2 Å².